The number of ketones is 1. The summed E-state index contributed by atoms with van der Waals surface area (Å²) in [7, 11) is 0. The molecule has 0 saturated carbocycles. The number of aliphatic hydroxyl groups is 1. The molecule has 132 valence electrons. The Morgan fingerprint density at radius 1 is 1.12 bits per heavy atom. The highest BCUT2D eigenvalue weighted by molar-refractivity contribution is 5.99. The number of benzene rings is 2. The van der Waals surface area contributed by atoms with E-state index in [0.717, 1.165) is 6.54 Å². The van der Waals surface area contributed by atoms with Crippen molar-refractivity contribution < 1.29 is 18.7 Å². The van der Waals surface area contributed by atoms with Gasteiger partial charge in [0.25, 0.3) is 0 Å². The largest absolute Gasteiger partial charge is 0.384 e. The van der Waals surface area contributed by atoms with Crippen LogP contribution in [0.1, 0.15) is 29.3 Å². The molecule has 1 fully saturated rings. The molecule has 0 radical (unpaired) electrons. The Kier molecular flexibility index (Phi) is 4.97. The summed E-state index contributed by atoms with van der Waals surface area (Å²) < 4.78 is 26.4. The van der Waals surface area contributed by atoms with Crippen molar-refractivity contribution in [2.75, 3.05) is 19.6 Å². The summed E-state index contributed by atoms with van der Waals surface area (Å²) in [6.07, 6.45) is 0.379. The fourth-order valence-electron chi connectivity index (χ4n) is 3.49. The van der Waals surface area contributed by atoms with E-state index in [1.54, 1.807) is 0 Å². The minimum absolute atomic E-state index is 0.232. The van der Waals surface area contributed by atoms with Gasteiger partial charge in [0, 0.05) is 18.7 Å². The molecule has 3 rings (SSSR count). The van der Waals surface area contributed by atoms with Crippen molar-refractivity contribution in [3.8, 4) is 0 Å². The number of rotatable bonds is 4. The molecule has 0 bridgehead atoms. The zero-order valence-electron chi connectivity index (χ0n) is 14.1. The van der Waals surface area contributed by atoms with Gasteiger partial charge in [0.2, 0.25) is 0 Å². The number of piperidine rings is 1. The van der Waals surface area contributed by atoms with E-state index in [9.17, 15) is 18.7 Å². The van der Waals surface area contributed by atoms with E-state index in [1.807, 2.05) is 6.92 Å². The van der Waals surface area contributed by atoms with Crippen LogP contribution < -0.4 is 0 Å². The molecule has 1 heterocycles. The predicted octanol–water partition coefficient (Wildman–Crippen LogP) is 3.38. The van der Waals surface area contributed by atoms with E-state index in [4.69, 9.17) is 0 Å². The number of hydrogen-bond acceptors (Lipinski definition) is 3. The fraction of sp³-hybridized carbons (Fsp3) is 0.350. The number of carbonyl (C=O) groups is 1. The topological polar surface area (TPSA) is 40.5 Å². The summed E-state index contributed by atoms with van der Waals surface area (Å²) in [4.78, 5) is 15.1. The number of Topliss-reactive ketones (excluding diaryl/α,β-unsaturated/α-hetero) is 1. The molecule has 2 aromatic rings. The molecule has 0 aromatic heterocycles. The van der Waals surface area contributed by atoms with Crippen LogP contribution in [0.5, 0.6) is 0 Å². The highest BCUT2D eigenvalue weighted by atomic mass is 19.1. The van der Waals surface area contributed by atoms with E-state index < -0.39 is 17.3 Å². The van der Waals surface area contributed by atoms with Gasteiger partial charge in [-0.1, -0.05) is 19.1 Å². The molecule has 0 unspecified atom stereocenters. The molecule has 1 saturated heterocycles. The van der Waals surface area contributed by atoms with Crippen molar-refractivity contribution in [2.24, 2.45) is 5.92 Å². The van der Waals surface area contributed by atoms with Gasteiger partial charge in [-0.15, -0.1) is 0 Å². The smallest absolute Gasteiger partial charge is 0.170 e. The summed E-state index contributed by atoms with van der Waals surface area (Å²) in [5.74, 6) is -1.73. The normalized spacial score (nSPS) is 24.2. The third kappa shape index (κ3) is 3.48. The van der Waals surface area contributed by atoms with Crippen LogP contribution in [0.25, 0.3) is 0 Å². The first-order valence-corrected chi connectivity index (χ1v) is 8.44. The maximum atomic E-state index is 13.3. The molecular weight excluding hydrogens is 324 g/mol. The van der Waals surface area contributed by atoms with Crippen LogP contribution in [0, 0.1) is 17.6 Å². The Hall–Kier alpha value is -2.11. The molecule has 0 aliphatic carbocycles. The van der Waals surface area contributed by atoms with Gasteiger partial charge in [-0.25, -0.2) is 8.78 Å². The van der Waals surface area contributed by atoms with Crippen LogP contribution in [0.4, 0.5) is 8.78 Å². The minimum Gasteiger partial charge on any atom is -0.384 e. The van der Waals surface area contributed by atoms with Crippen molar-refractivity contribution in [3.05, 3.63) is 71.3 Å². The predicted molar refractivity (Wildman–Crippen MR) is 91.2 cm³/mol. The monoisotopic (exact) mass is 345 g/mol. The molecule has 5 heteroatoms. The molecule has 3 nitrogen and oxygen atoms in total. The van der Waals surface area contributed by atoms with Gasteiger partial charge in [-0.3, -0.25) is 4.79 Å². The summed E-state index contributed by atoms with van der Waals surface area (Å²) in [6, 6.07) is 11.0. The van der Waals surface area contributed by atoms with Crippen LogP contribution in [-0.2, 0) is 5.60 Å². The van der Waals surface area contributed by atoms with Gasteiger partial charge >= 0.3 is 0 Å². The second-order valence-electron chi connectivity index (χ2n) is 6.50. The van der Waals surface area contributed by atoms with Crippen LogP contribution in [0.2, 0.25) is 0 Å². The number of nitrogens with zero attached hydrogens (tertiary/aromatic N) is 1. The summed E-state index contributed by atoms with van der Waals surface area (Å²) >= 11 is 0. The molecule has 2 atom stereocenters. The lowest BCUT2D eigenvalue weighted by atomic mass is 9.72. The minimum atomic E-state index is -1.37. The van der Waals surface area contributed by atoms with Gasteiger partial charge in [0.1, 0.15) is 17.2 Å². The maximum Gasteiger partial charge on any atom is 0.170 e. The molecular formula is C20H21F2NO2. The van der Waals surface area contributed by atoms with Crippen molar-refractivity contribution in [1.82, 2.24) is 4.90 Å². The first kappa shape index (κ1) is 17.7. The van der Waals surface area contributed by atoms with Crippen LogP contribution in [0.3, 0.4) is 0 Å². The Morgan fingerprint density at radius 3 is 2.24 bits per heavy atom. The molecule has 2 aromatic carbocycles. The average Bonchev–Trinajstić information content (AvgIpc) is 2.62. The van der Waals surface area contributed by atoms with Gasteiger partial charge in [-0.05, 0) is 54.9 Å². The van der Waals surface area contributed by atoms with Crippen molar-refractivity contribution in [2.45, 2.75) is 18.9 Å². The fourth-order valence-corrected chi connectivity index (χ4v) is 3.49. The van der Waals surface area contributed by atoms with E-state index in [1.165, 1.54) is 48.5 Å². The first-order chi connectivity index (χ1) is 11.9. The zero-order chi connectivity index (χ0) is 18.0. The number of halogens is 2. The standard InChI is InChI=1S/C20H21F2NO2/c1-2-23-12-11-20(25,15-5-9-17(22)10-6-15)18(13-23)19(24)14-3-7-16(21)8-4-14/h3-10,18,25H,2,11-13H2,1H3/t18-,20-/m0/s1. The third-order valence-corrected chi connectivity index (χ3v) is 5.06. The quantitative estimate of drug-likeness (QED) is 0.864. The summed E-state index contributed by atoms with van der Waals surface area (Å²) in [5, 5.41) is 11.3. The van der Waals surface area contributed by atoms with Crippen LogP contribution >= 0.6 is 0 Å². The molecule has 0 amide bonds. The van der Waals surface area contributed by atoms with Gasteiger partial charge in [-0.2, -0.15) is 0 Å². The maximum absolute atomic E-state index is 13.3. The van der Waals surface area contributed by atoms with E-state index in [0.29, 0.717) is 30.6 Å². The molecule has 0 spiro atoms. The molecule has 25 heavy (non-hydrogen) atoms. The molecule has 1 N–H and O–H groups in total. The van der Waals surface area contributed by atoms with Crippen molar-refractivity contribution in [1.29, 1.82) is 0 Å². The van der Waals surface area contributed by atoms with E-state index in [-0.39, 0.29) is 11.6 Å². The lowest BCUT2D eigenvalue weighted by molar-refractivity contribution is -0.0632. The summed E-state index contributed by atoms with van der Waals surface area (Å²) in [6.45, 7) is 3.83. The summed E-state index contributed by atoms with van der Waals surface area (Å²) in [5.41, 5.74) is -0.472. The highest BCUT2D eigenvalue weighted by Gasteiger charge is 2.46. The second kappa shape index (κ2) is 7.02. The Morgan fingerprint density at radius 2 is 1.68 bits per heavy atom. The number of likely N-dealkylation sites (tertiary alicyclic amines) is 1. The van der Waals surface area contributed by atoms with Crippen molar-refractivity contribution in [3.63, 3.8) is 0 Å². The highest BCUT2D eigenvalue weighted by Crippen LogP contribution is 2.39. The molecule has 1 aliphatic heterocycles. The van der Waals surface area contributed by atoms with Crippen LogP contribution in [0.15, 0.2) is 48.5 Å². The Bertz CT molecular complexity index is 745. The average molecular weight is 345 g/mol. The lowest BCUT2D eigenvalue weighted by Crippen LogP contribution is -2.53. The SMILES string of the molecule is CCN1CC[C@](O)(c2ccc(F)cc2)[C@H](C(=O)c2ccc(F)cc2)C1. The molecule has 1 aliphatic rings. The van der Waals surface area contributed by atoms with Gasteiger partial charge in [0.05, 0.1) is 5.92 Å². The third-order valence-electron chi connectivity index (χ3n) is 5.06. The zero-order valence-corrected chi connectivity index (χ0v) is 14.1. The lowest BCUT2D eigenvalue weighted by Gasteiger charge is -2.44. The number of carbonyl (C=O) groups excluding carboxylic acids is 1. The van der Waals surface area contributed by atoms with Crippen LogP contribution in [-0.4, -0.2) is 35.4 Å². The van der Waals surface area contributed by atoms with Gasteiger partial charge < -0.3 is 10.0 Å². The Labute approximate surface area is 145 Å². The van der Waals surface area contributed by atoms with Crippen molar-refractivity contribution >= 4 is 5.78 Å². The number of hydrogen-bond donors (Lipinski definition) is 1. The van der Waals surface area contributed by atoms with Gasteiger partial charge in [0.15, 0.2) is 5.78 Å². The first-order valence-electron chi connectivity index (χ1n) is 8.44. The van der Waals surface area contributed by atoms with E-state index >= 15 is 0 Å². The second-order valence-corrected chi connectivity index (χ2v) is 6.50. The Balaban J connectivity index is 1.98. The van der Waals surface area contributed by atoms with E-state index in [2.05, 4.69) is 4.90 Å².